The van der Waals surface area contributed by atoms with Crippen molar-refractivity contribution in [3.8, 4) is 5.88 Å². The fraction of sp³-hybridized carbons (Fsp3) is 0.609. The predicted octanol–water partition coefficient (Wildman–Crippen LogP) is 2.75. The highest BCUT2D eigenvalue weighted by Gasteiger charge is 2.27. The van der Waals surface area contributed by atoms with Gasteiger partial charge in [-0.05, 0) is 44.7 Å². The van der Waals surface area contributed by atoms with Crippen molar-refractivity contribution >= 4 is 11.8 Å². The normalized spacial score (nSPS) is 17.1. The van der Waals surface area contributed by atoms with Crippen LogP contribution in [0.5, 0.6) is 5.88 Å². The van der Waals surface area contributed by atoms with E-state index in [1.807, 2.05) is 23.6 Å². The molecule has 9 heteroatoms. The summed E-state index contributed by atoms with van der Waals surface area (Å²) in [6.07, 6.45) is 6.34. The van der Waals surface area contributed by atoms with Crippen molar-refractivity contribution in [2.75, 3.05) is 32.8 Å². The second-order valence-corrected chi connectivity index (χ2v) is 8.45. The highest BCUT2D eigenvalue weighted by Crippen LogP contribution is 2.27. The lowest BCUT2D eigenvalue weighted by molar-refractivity contribution is -0.132. The van der Waals surface area contributed by atoms with E-state index < -0.39 is 0 Å². The van der Waals surface area contributed by atoms with Gasteiger partial charge in [-0.2, -0.15) is 0 Å². The maximum atomic E-state index is 12.7. The van der Waals surface area contributed by atoms with Gasteiger partial charge in [0.2, 0.25) is 5.91 Å². The van der Waals surface area contributed by atoms with Gasteiger partial charge in [0, 0.05) is 57.2 Å². The molecule has 0 saturated carbocycles. The van der Waals surface area contributed by atoms with E-state index in [9.17, 15) is 9.59 Å². The van der Waals surface area contributed by atoms with Crippen LogP contribution in [0.2, 0.25) is 0 Å². The van der Waals surface area contributed by atoms with Crippen LogP contribution in [0.4, 0.5) is 0 Å². The second kappa shape index (κ2) is 10.1. The van der Waals surface area contributed by atoms with Crippen LogP contribution in [0, 0.1) is 6.92 Å². The predicted molar refractivity (Wildman–Crippen MR) is 116 cm³/mol. The summed E-state index contributed by atoms with van der Waals surface area (Å²) in [5.41, 5.74) is 1.34. The number of nitrogens with zero attached hydrogens (tertiary/aromatic N) is 5. The summed E-state index contributed by atoms with van der Waals surface area (Å²) in [4.78, 5) is 38.2. The zero-order valence-electron chi connectivity index (χ0n) is 18.9. The highest BCUT2D eigenvalue weighted by molar-refractivity contribution is 5.95. The second-order valence-electron chi connectivity index (χ2n) is 8.45. The molecule has 9 nitrogen and oxygen atoms in total. The molecular formula is C23H31N5O4. The summed E-state index contributed by atoms with van der Waals surface area (Å²) in [5, 5.41) is 3.83. The molecule has 32 heavy (non-hydrogen) atoms. The number of hydrogen-bond donors (Lipinski definition) is 0. The summed E-state index contributed by atoms with van der Waals surface area (Å²) < 4.78 is 10.5. The van der Waals surface area contributed by atoms with E-state index in [-0.39, 0.29) is 17.7 Å². The molecule has 0 atom stereocenters. The van der Waals surface area contributed by atoms with Crippen LogP contribution in [0.1, 0.15) is 72.6 Å². The first-order chi connectivity index (χ1) is 15.5. The first-order valence-electron chi connectivity index (χ1n) is 11.5. The smallest absolute Gasteiger partial charge is 0.257 e. The zero-order chi connectivity index (χ0) is 22.5. The highest BCUT2D eigenvalue weighted by atomic mass is 16.5. The molecule has 2 fully saturated rings. The van der Waals surface area contributed by atoms with Crippen LogP contribution >= 0.6 is 0 Å². The summed E-state index contributed by atoms with van der Waals surface area (Å²) in [6.45, 7) is 7.29. The number of likely N-dealkylation sites (tertiary alicyclic amines) is 2. The molecule has 2 aromatic heterocycles. The molecule has 2 aromatic rings. The molecule has 2 aliphatic rings. The molecule has 172 valence electrons. The maximum absolute atomic E-state index is 12.7. The Morgan fingerprint density at radius 1 is 1.16 bits per heavy atom. The van der Waals surface area contributed by atoms with Crippen molar-refractivity contribution in [2.24, 2.45) is 0 Å². The number of piperidine rings is 1. The monoisotopic (exact) mass is 441 g/mol. The Labute approximate surface area is 188 Å². The number of rotatable bonds is 7. The SMILES string of the molecule is CCOc1cc(CCC(=O)N2CCC(c3ncc(C(=O)N4CCCC4)c(C)n3)CC2)on1. The van der Waals surface area contributed by atoms with Gasteiger partial charge in [-0.15, -0.1) is 0 Å². The Hall–Kier alpha value is -2.97. The van der Waals surface area contributed by atoms with Gasteiger partial charge in [0.1, 0.15) is 11.6 Å². The van der Waals surface area contributed by atoms with Crippen molar-refractivity contribution in [3.05, 3.63) is 35.1 Å². The van der Waals surface area contributed by atoms with E-state index in [0.29, 0.717) is 49.7 Å². The lowest BCUT2D eigenvalue weighted by Gasteiger charge is -2.31. The van der Waals surface area contributed by atoms with E-state index in [4.69, 9.17) is 9.26 Å². The summed E-state index contributed by atoms with van der Waals surface area (Å²) >= 11 is 0. The molecular weight excluding hydrogens is 410 g/mol. The molecule has 0 aliphatic carbocycles. The number of carbonyl (C=O) groups is 2. The van der Waals surface area contributed by atoms with Gasteiger partial charge in [-0.3, -0.25) is 9.59 Å². The van der Waals surface area contributed by atoms with E-state index in [0.717, 1.165) is 50.3 Å². The van der Waals surface area contributed by atoms with E-state index in [1.165, 1.54) is 0 Å². The van der Waals surface area contributed by atoms with Crippen molar-refractivity contribution in [1.29, 1.82) is 0 Å². The number of carbonyl (C=O) groups excluding carboxylic acids is 2. The first-order valence-corrected chi connectivity index (χ1v) is 11.5. The van der Waals surface area contributed by atoms with Crippen LogP contribution in [-0.2, 0) is 11.2 Å². The number of hydrogen-bond acceptors (Lipinski definition) is 7. The van der Waals surface area contributed by atoms with Crippen molar-refractivity contribution < 1.29 is 18.8 Å². The van der Waals surface area contributed by atoms with Crippen molar-refractivity contribution in [2.45, 2.75) is 58.3 Å². The molecule has 0 bridgehead atoms. The van der Waals surface area contributed by atoms with Gasteiger partial charge >= 0.3 is 0 Å². The Morgan fingerprint density at radius 2 is 1.91 bits per heavy atom. The molecule has 0 unspecified atom stereocenters. The van der Waals surface area contributed by atoms with Gasteiger partial charge in [0.25, 0.3) is 11.8 Å². The van der Waals surface area contributed by atoms with Crippen molar-refractivity contribution in [3.63, 3.8) is 0 Å². The van der Waals surface area contributed by atoms with Gasteiger partial charge < -0.3 is 19.1 Å². The molecule has 2 aliphatic heterocycles. The fourth-order valence-electron chi connectivity index (χ4n) is 4.39. The van der Waals surface area contributed by atoms with Gasteiger partial charge in [-0.1, -0.05) is 0 Å². The van der Waals surface area contributed by atoms with E-state index in [2.05, 4.69) is 15.1 Å². The minimum Gasteiger partial charge on any atom is -0.476 e. The minimum absolute atomic E-state index is 0.0344. The summed E-state index contributed by atoms with van der Waals surface area (Å²) in [5.74, 6) is 2.24. The van der Waals surface area contributed by atoms with E-state index in [1.54, 1.807) is 12.3 Å². The van der Waals surface area contributed by atoms with Gasteiger partial charge in [-0.25, -0.2) is 9.97 Å². The topological polar surface area (TPSA) is 102 Å². The quantitative estimate of drug-likeness (QED) is 0.651. The Morgan fingerprint density at radius 3 is 2.59 bits per heavy atom. The third-order valence-electron chi connectivity index (χ3n) is 6.25. The molecule has 2 saturated heterocycles. The largest absolute Gasteiger partial charge is 0.476 e. The molecule has 0 aromatic carbocycles. The van der Waals surface area contributed by atoms with Crippen LogP contribution in [0.25, 0.3) is 0 Å². The van der Waals surface area contributed by atoms with E-state index >= 15 is 0 Å². The molecule has 0 spiro atoms. The first kappa shape index (κ1) is 22.2. The third kappa shape index (κ3) is 5.08. The van der Waals surface area contributed by atoms with Crippen LogP contribution in [0.15, 0.2) is 16.8 Å². The molecule has 0 N–H and O–H groups in total. The Bertz CT molecular complexity index is 946. The van der Waals surface area contributed by atoms with Crippen LogP contribution in [0.3, 0.4) is 0 Å². The molecule has 2 amide bonds. The standard InChI is InChI=1S/C23H31N5O4/c1-3-31-20-14-18(32-26-20)6-7-21(29)27-12-8-17(9-13-27)22-24-15-19(16(2)25-22)23(30)28-10-4-5-11-28/h14-15,17H,3-13H2,1-2H3. The average Bonchev–Trinajstić information content (AvgIpc) is 3.50. The fourth-order valence-corrected chi connectivity index (χ4v) is 4.39. The van der Waals surface area contributed by atoms with Gasteiger partial charge in [0.15, 0.2) is 0 Å². The maximum Gasteiger partial charge on any atom is 0.257 e. The molecule has 0 radical (unpaired) electrons. The summed E-state index contributed by atoms with van der Waals surface area (Å²) in [7, 11) is 0. The third-order valence-corrected chi connectivity index (χ3v) is 6.25. The molecule has 4 rings (SSSR count). The average molecular weight is 442 g/mol. The number of ether oxygens (including phenoxy) is 1. The number of aryl methyl sites for hydroxylation is 2. The minimum atomic E-state index is 0.0344. The lowest BCUT2D eigenvalue weighted by Crippen LogP contribution is -2.38. The number of aromatic nitrogens is 3. The zero-order valence-corrected chi connectivity index (χ0v) is 18.9. The van der Waals surface area contributed by atoms with Crippen LogP contribution < -0.4 is 4.74 Å². The lowest BCUT2D eigenvalue weighted by atomic mass is 9.95. The number of amides is 2. The van der Waals surface area contributed by atoms with Crippen LogP contribution in [-0.4, -0.2) is 69.5 Å². The Kier molecular flexibility index (Phi) is 7.02. The summed E-state index contributed by atoms with van der Waals surface area (Å²) in [6, 6.07) is 1.74. The van der Waals surface area contributed by atoms with Crippen molar-refractivity contribution in [1.82, 2.24) is 24.9 Å². The molecule has 4 heterocycles. The Balaban J connectivity index is 1.27. The van der Waals surface area contributed by atoms with Gasteiger partial charge in [0.05, 0.1) is 17.9 Å².